The van der Waals surface area contributed by atoms with Gasteiger partial charge in [0.05, 0.1) is 0 Å². The molecule has 0 heterocycles. The van der Waals surface area contributed by atoms with E-state index in [1.165, 1.54) is 29.2 Å². The molecule has 1 N–H and O–H groups in total. The highest BCUT2D eigenvalue weighted by molar-refractivity contribution is 5.85. The smallest absolute Gasteiger partial charge is 0.00107 e. The van der Waals surface area contributed by atoms with E-state index in [9.17, 15) is 0 Å². The van der Waals surface area contributed by atoms with Gasteiger partial charge in [-0.25, -0.2) is 0 Å². The summed E-state index contributed by atoms with van der Waals surface area (Å²) in [5.74, 6) is 0. The molecule has 108 valence electrons. The summed E-state index contributed by atoms with van der Waals surface area (Å²) in [7, 11) is 0. The SMILES string of the molecule is CCNCC(CC)(CC)Cc1cccc2ccccc12. The average Bonchev–Trinajstić information content (AvgIpc) is 2.52. The third-order valence-electron chi connectivity index (χ3n) is 4.70. The third kappa shape index (κ3) is 3.21. The van der Waals surface area contributed by atoms with E-state index < -0.39 is 0 Å². The summed E-state index contributed by atoms with van der Waals surface area (Å²) in [4.78, 5) is 0. The molecule has 0 spiro atoms. The van der Waals surface area contributed by atoms with E-state index in [1.54, 1.807) is 0 Å². The van der Waals surface area contributed by atoms with Gasteiger partial charge in [0.1, 0.15) is 0 Å². The summed E-state index contributed by atoms with van der Waals surface area (Å²) < 4.78 is 0. The van der Waals surface area contributed by atoms with Crippen molar-refractivity contribution >= 4 is 10.8 Å². The Bertz CT molecular complexity index is 535. The molecular formula is C19H27N. The van der Waals surface area contributed by atoms with Crippen LogP contribution in [0, 0.1) is 5.41 Å². The van der Waals surface area contributed by atoms with Gasteiger partial charge in [-0.2, -0.15) is 0 Å². The molecule has 0 fully saturated rings. The summed E-state index contributed by atoms with van der Waals surface area (Å²) in [6, 6.07) is 15.4. The molecule has 2 rings (SSSR count). The van der Waals surface area contributed by atoms with Crippen LogP contribution in [0.2, 0.25) is 0 Å². The first-order chi connectivity index (χ1) is 9.74. The zero-order chi connectivity index (χ0) is 14.4. The van der Waals surface area contributed by atoms with Gasteiger partial charge in [0.25, 0.3) is 0 Å². The number of nitrogens with one attached hydrogen (secondary N) is 1. The fraction of sp³-hybridized carbons (Fsp3) is 0.474. The molecule has 0 aliphatic heterocycles. The Balaban J connectivity index is 2.33. The lowest BCUT2D eigenvalue weighted by molar-refractivity contribution is 0.249. The van der Waals surface area contributed by atoms with Crippen molar-refractivity contribution in [2.24, 2.45) is 5.41 Å². The minimum absolute atomic E-state index is 0.375. The summed E-state index contributed by atoms with van der Waals surface area (Å²) in [6.07, 6.45) is 3.60. The second-order valence-corrected chi connectivity index (χ2v) is 5.80. The Morgan fingerprint density at radius 2 is 1.60 bits per heavy atom. The topological polar surface area (TPSA) is 12.0 Å². The van der Waals surface area contributed by atoms with Gasteiger partial charge in [-0.1, -0.05) is 63.2 Å². The Labute approximate surface area is 123 Å². The maximum absolute atomic E-state index is 3.56. The molecule has 0 atom stereocenters. The molecule has 0 amide bonds. The van der Waals surface area contributed by atoms with Crippen LogP contribution in [-0.4, -0.2) is 13.1 Å². The van der Waals surface area contributed by atoms with Crippen molar-refractivity contribution in [2.75, 3.05) is 13.1 Å². The van der Waals surface area contributed by atoms with E-state index in [-0.39, 0.29) is 0 Å². The molecule has 0 bridgehead atoms. The number of rotatable bonds is 7. The molecule has 2 aromatic carbocycles. The van der Waals surface area contributed by atoms with Gasteiger partial charge in [0, 0.05) is 6.54 Å². The van der Waals surface area contributed by atoms with E-state index in [2.05, 4.69) is 68.6 Å². The maximum atomic E-state index is 3.56. The molecule has 0 aromatic heterocycles. The average molecular weight is 269 g/mol. The van der Waals surface area contributed by atoms with Crippen LogP contribution in [0.1, 0.15) is 39.2 Å². The minimum atomic E-state index is 0.375. The Morgan fingerprint density at radius 3 is 2.30 bits per heavy atom. The molecule has 1 nitrogen and oxygen atoms in total. The van der Waals surface area contributed by atoms with Gasteiger partial charge < -0.3 is 5.32 Å². The first-order valence-corrected chi connectivity index (χ1v) is 7.92. The Hall–Kier alpha value is -1.34. The van der Waals surface area contributed by atoms with Crippen LogP contribution in [0.25, 0.3) is 10.8 Å². The van der Waals surface area contributed by atoms with Gasteiger partial charge in [-0.05, 0) is 47.6 Å². The largest absolute Gasteiger partial charge is 0.316 e. The van der Waals surface area contributed by atoms with Gasteiger partial charge in [-0.15, -0.1) is 0 Å². The van der Waals surface area contributed by atoms with Crippen molar-refractivity contribution in [3.8, 4) is 0 Å². The molecule has 0 saturated heterocycles. The van der Waals surface area contributed by atoms with E-state index >= 15 is 0 Å². The van der Waals surface area contributed by atoms with Crippen LogP contribution in [0.4, 0.5) is 0 Å². The molecule has 0 unspecified atom stereocenters. The molecule has 0 saturated carbocycles. The highest BCUT2D eigenvalue weighted by Crippen LogP contribution is 2.33. The van der Waals surface area contributed by atoms with E-state index in [1.807, 2.05) is 0 Å². The van der Waals surface area contributed by atoms with Crippen molar-refractivity contribution in [2.45, 2.75) is 40.0 Å². The van der Waals surface area contributed by atoms with Crippen molar-refractivity contribution in [3.63, 3.8) is 0 Å². The quantitative estimate of drug-likeness (QED) is 0.761. The number of hydrogen-bond acceptors (Lipinski definition) is 1. The molecule has 0 radical (unpaired) electrons. The highest BCUT2D eigenvalue weighted by Gasteiger charge is 2.26. The Kier molecular flexibility index (Phi) is 5.19. The number of hydrogen-bond donors (Lipinski definition) is 1. The fourth-order valence-electron chi connectivity index (χ4n) is 3.05. The van der Waals surface area contributed by atoms with Crippen LogP contribution in [-0.2, 0) is 6.42 Å². The van der Waals surface area contributed by atoms with Gasteiger partial charge >= 0.3 is 0 Å². The summed E-state index contributed by atoms with van der Waals surface area (Å²) in [5, 5.41) is 6.33. The molecular weight excluding hydrogens is 242 g/mol. The summed E-state index contributed by atoms with van der Waals surface area (Å²) in [5.41, 5.74) is 1.87. The summed E-state index contributed by atoms with van der Waals surface area (Å²) >= 11 is 0. The molecule has 2 aromatic rings. The Morgan fingerprint density at radius 1 is 0.900 bits per heavy atom. The van der Waals surface area contributed by atoms with Crippen LogP contribution in [0.3, 0.4) is 0 Å². The van der Waals surface area contributed by atoms with Crippen molar-refractivity contribution in [1.29, 1.82) is 0 Å². The van der Waals surface area contributed by atoms with E-state index in [4.69, 9.17) is 0 Å². The normalized spacial score (nSPS) is 11.9. The van der Waals surface area contributed by atoms with Crippen LogP contribution < -0.4 is 5.32 Å². The lowest BCUT2D eigenvalue weighted by Crippen LogP contribution is -2.35. The van der Waals surface area contributed by atoms with Crippen molar-refractivity contribution in [1.82, 2.24) is 5.32 Å². The fourth-order valence-corrected chi connectivity index (χ4v) is 3.05. The monoisotopic (exact) mass is 269 g/mol. The van der Waals surface area contributed by atoms with Crippen molar-refractivity contribution in [3.05, 3.63) is 48.0 Å². The van der Waals surface area contributed by atoms with Gasteiger partial charge in [-0.3, -0.25) is 0 Å². The van der Waals surface area contributed by atoms with Crippen LogP contribution >= 0.6 is 0 Å². The number of fused-ring (bicyclic) bond motifs is 1. The minimum Gasteiger partial charge on any atom is -0.316 e. The second kappa shape index (κ2) is 6.90. The third-order valence-corrected chi connectivity index (χ3v) is 4.70. The lowest BCUT2D eigenvalue weighted by Gasteiger charge is -2.32. The molecule has 0 aliphatic rings. The second-order valence-electron chi connectivity index (χ2n) is 5.80. The first kappa shape index (κ1) is 15.1. The van der Waals surface area contributed by atoms with Gasteiger partial charge in [0.15, 0.2) is 0 Å². The lowest BCUT2D eigenvalue weighted by atomic mass is 9.76. The first-order valence-electron chi connectivity index (χ1n) is 7.92. The van der Waals surface area contributed by atoms with E-state index in [0.29, 0.717) is 5.41 Å². The van der Waals surface area contributed by atoms with Crippen LogP contribution in [0.5, 0.6) is 0 Å². The highest BCUT2D eigenvalue weighted by atomic mass is 14.9. The van der Waals surface area contributed by atoms with Crippen LogP contribution in [0.15, 0.2) is 42.5 Å². The predicted octanol–water partition coefficient (Wildman–Crippen LogP) is 4.80. The molecule has 0 aliphatic carbocycles. The molecule has 1 heteroatoms. The van der Waals surface area contributed by atoms with E-state index in [0.717, 1.165) is 19.5 Å². The van der Waals surface area contributed by atoms with Gasteiger partial charge in [0.2, 0.25) is 0 Å². The predicted molar refractivity (Wildman–Crippen MR) is 89.2 cm³/mol. The maximum Gasteiger partial charge on any atom is 0.00107 e. The summed E-state index contributed by atoms with van der Waals surface area (Å²) in [6.45, 7) is 9.00. The number of benzene rings is 2. The zero-order valence-electron chi connectivity index (χ0n) is 13.1. The zero-order valence-corrected chi connectivity index (χ0v) is 13.1. The van der Waals surface area contributed by atoms with Crippen molar-refractivity contribution < 1.29 is 0 Å². The molecule has 20 heavy (non-hydrogen) atoms. The standard InChI is InChI=1S/C19H27N/c1-4-19(5-2,15-20-6-3)14-17-12-9-11-16-10-7-8-13-18(16)17/h7-13,20H,4-6,14-15H2,1-3H3.